The lowest BCUT2D eigenvalue weighted by Crippen LogP contribution is -2.00. The molecule has 2 aromatic carbocycles. The smallest absolute Gasteiger partial charge is 0.118 e. The van der Waals surface area contributed by atoms with Crippen molar-refractivity contribution in [1.82, 2.24) is 0 Å². The van der Waals surface area contributed by atoms with Gasteiger partial charge >= 0.3 is 0 Å². The molecule has 0 fully saturated rings. The summed E-state index contributed by atoms with van der Waals surface area (Å²) in [5, 5.41) is 9.68. The second-order valence-electron chi connectivity index (χ2n) is 4.56. The minimum atomic E-state index is 0.357. The largest absolute Gasteiger partial charge is 0.508 e. The first-order valence-corrected chi connectivity index (χ1v) is 5.95. The van der Waals surface area contributed by atoms with Gasteiger partial charge in [0.2, 0.25) is 0 Å². The van der Waals surface area contributed by atoms with Gasteiger partial charge in [0, 0.05) is 5.92 Å². The molecule has 0 aliphatic rings. The molecule has 2 rings (SSSR count). The molecule has 88 valence electrons. The van der Waals surface area contributed by atoms with E-state index in [1.54, 1.807) is 6.07 Å². The molecule has 2 aromatic rings. The molecular formula is C16H18O. The lowest BCUT2D eigenvalue weighted by molar-refractivity contribution is 0.470. The van der Waals surface area contributed by atoms with Crippen molar-refractivity contribution < 1.29 is 5.11 Å². The quantitative estimate of drug-likeness (QED) is 0.815. The zero-order valence-corrected chi connectivity index (χ0v) is 10.6. The summed E-state index contributed by atoms with van der Waals surface area (Å²) in [6.07, 6.45) is 0. The van der Waals surface area contributed by atoms with Crippen molar-refractivity contribution in [2.75, 3.05) is 0 Å². The van der Waals surface area contributed by atoms with Gasteiger partial charge in [-0.05, 0) is 42.2 Å². The molecule has 1 nitrogen and oxygen atoms in total. The fourth-order valence-electron chi connectivity index (χ4n) is 2.22. The lowest BCUT2D eigenvalue weighted by atomic mass is 9.88. The molecule has 0 bridgehead atoms. The Morgan fingerprint density at radius 1 is 0.882 bits per heavy atom. The molecule has 0 spiro atoms. The summed E-state index contributed by atoms with van der Waals surface area (Å²) in [5.41, 5.74) is 4.75. The highest BCUT2D eigenvalue weighted by Crippen LogP contribution is 2.31. The number of benzene rings is 2. The standard InChI is InChI=1S/C16H18O/c1-11-12(2)16(17)10-9-15(11)13(3)14-7-5-4-6-8-14/h4-10,13,17H,1-3H3. The molecule has 0 saturated heterocycles. The zero-order valence-electron chi connectivity index (χ0n) is 10.6. The average molecular weight is 226 g/mol. The maximum absolute atomic E-state index is 9.68. The summed E-state index contributed by atoms with van der Waals surface area (Å²) in [4.78, 5) is 0. The molecule has 0 aromatic heterocycles. The van der Waals surface area contributed by atoms with Crippen molar-refractivity contribution in [2.24, 2.45) is 0 Å². The highest BCUT2D eigenvalue weighted by atomic mass is 16.3. The van der Waals surface area contributed by atoms with E-state index in [-0.39, 0.29) is 0 Å². The van der Waals surface area contributed by atoms with Crippen molar-refractivity contribution in [3.8, 4) is 5.75 Å². The maximum Gasteiger partial charge on any atom is 0.118 e. The summed E-state index contributed by atoms with van der Waals surface area (Å²) in [6, 6.07) is 14.3. The van der Waals surface area contributed by atoms with E-state index in [1.807, 2.05) is 19.1 Å². The number of aromatic hydroxyl groups is 1. The summed E-state index contributed by atoms with van der Waals surface area (Å²) in [6.45, 7) is 6.24. The van der Waals surface area contributed by atoms with Gasteiger partial charge in [-0.15, -0.1) is 0 Å². The van der Waals surface area contributed by atoms with Gasteiger partial charge in [-0.3, -0.25) is 0 Å². The monoisotopic (exact) mass is 226 g/mol. The predicted molar refractivity (Wildman–Crippen MR) is 71.5 cm³/mol. The fourth-order valence-corrected chi connectivity index (χ4v) is 2.22. The van der Waals surface area contributed by atoms with Gasteiger partial charge in [-0.25, -0.2) is 0 Å². The second-order valence-corrected chi connectivity index (χ2v) is 4.56. The van der Waals surface area contributed by atoms with Crippen LogP contribution in [0.15, 0.2) is 42.5 Å². The van der Waals surface area contributed by atoms with E-state index < -0.39 is 0 Å². The van der Waals surface area contributed by atoms with Gasteiger partial charge in [0.1, 0.15) is 5.75 Å². The average Bonchev–Trinajstić information content (AvgIpc) is 2.36. The van der Waals surface area contributed by atoms with Crippen LogP contribution in [0.3, 0.4) is 0 Å². The molecule has 1 N–H and O–H groups in total. The molecular weight excluding hydrogens is 208 g/mol. The summed E-state index contributed by atoms with van der Waals surface area (Å²) >= 11 is 0. The van der Waals surface area contributed by atoms with Crippen LogP contribution < -0.4 is 0 Å². The Labute approximate surface area is 103 Å². The van der Waals surface area contributed by atoms with Crippen LogP contribution in [0.4, 0.5) is 0 Å². The van der Waals surface area contributed by atoms with E-state index in [0.717, 1.165) is 5.56 Å². The first-order valence-electron chi connectivity index (χ1n) is 5.95. The van der Waals surface area contributed by atoms with Crippen molar-refractivity contribution in [3.05, 3.63) is 64.7 Å². The van der Waals surface area contributed by atoms with E-state index in [0.29, 0.717) is 11.7 Å². The Morgan fingerprint density at radius 2 is 1.53 bits per heavy atom. The van der Waals surface area contributed by atoms with E-state index in [2.05, 4.69) is 38.1 Å². The molecule has 1 heteroatoms. The minimum Gasteiger partial charge on any atom is -0.508 e. The first-order chi connectivity index (χ1) is 8.11. The third kappa shape index (κ3) is 2.19. The molecule has 1 atom stereocenters. The van der Waals surface area contributed by atoms with Crippen LogP contribution in [0, 0.1) is 13.8 Å². The van der Waals surface area contributed by atoms with Crippen molar-refractivity contribution in [3.63, 3.8) is 0 Å². The predicted octanol–water partition coefficient (Wildman–Crippen LogP) is 4.16. The van der Waals surface area contributed by atoms with Crippen LogP contribution >= 0.6 is 0 Å². The molecule has 17 heavy (non-hydrogen) atoms. The van der Waals surface area contributed by atoms with Crippen molar-refractivity contribution in [1.29, 1.82) is 0 Å². The Bertz CT molecular complexity index is 515. The lowest BCUT2D eigenvalue weighted by Gasteiger charge is -2.17. The van der Waals surface area contributed by atoms with Gasteiger partial charge in [-0.1, -0.05) is 43.3 Å². The van der Waals surface area contributed by atoms with Crippen LogP contribution in [0.1, 0.15) is 35.1 Å². The normalized spacial score (nSPS) is 12.4. The Balaban J connectivity index is 2.45. The third-order valence-electron chi connectivity index (χ3n) is 3.57. The van der Waals surface area contributed by atoms with E-state index in [9.17, 15) is 5.11 Å². The van der Waals surface area contributed by atoms with E-state index in [4.69, 9.17) is 0 Å². The number of hydrogen-bond acceptors (Lipinski definition) is 1. The second kappa shape index (κ2) is 4.62. The summed E-state index contributed by atoms with van der Waals surface area (Å²) in [5.74, 6) is 0.738. The van der Waals surface area contributed by atoms with Crippen LogP contribution in [0.5, 0.6) is 5.75 Å². The molecule has 0 heterocycles. The number of phenolic OH excluding ortho intramolecular Hbond substituents is 1. The SMILES string of the molecule is Cc1c(O)ccc(C(C)c2ccccc2)c1C. The molecule has 0 saturated carbocycles. The highest BCUT2D eigenvalue weighted by molar-refractivity contribution is 5.46. The highest BCUT2D eigenvalue weighted by Gasteiger charge is 2.13. The zero-order chi connectivity index (χ0) is 12.4. The van der Waals surface area contributed by atoms with Crippen molar-refractivity contribution >= 4 is 0 Å². The molecule has 0 radical (unpaired) electrons. The van der Waals surface area contributed by atoms with Crippen LogP contribution in [-0.2, 0) is 0 Å². The molecule has 0 amide bonds. The number of phenols is 1. The van der Waals surface area contributed by atoms with Gasteiger partial charge in [0.15, 0.2) is 0 Å². The Morgan fingerprint density at radius 3 is 2.18 bits per heavy atom. The van der Waals surface area contributed by atoms with Gasteiger partial charge in [-0.2, -0.15) is 0 Å². The number of hydrogen-bond donors (Lipinski definition) is 1. The molecule has 0 aliphatic carbocycles. The van der Waals surface area contributed by atoms with Gasteiger partial charge in [0.05, 0.1) is 0 Å². The number of rotatable bonds is 2. The minimum absolute atomic E-state index is 0.357. The van der Waals surface area contributed by atoms with E-state index >= 15 is 0 Å². The fraction of sp³-hybridized carbons (Fsp3) is 0.250. The molecule has 0 aliphatic heterocycles. The van der Waals surface area contributed by atoms with Gasteiger partial charge < -0.3 is 5.11 Å². The first kappa shape index (κ1) is 11.7. The van der Waals surface area contributed by atoms with Gasteiger partial charge in [0.25, 0.3) is 0 Å². The van der Waals surface area contributed by atoms with E-state index in [1.165, 1.54) is 16.7 Å². The third-order valence-corrected chi connectivity index (χ3v) is 3.57. The van der Waals surface area contributed by atoms with Crippen LogP contribution in [-0.4, -0.2) is 5.11 Å². The summed E-state index contributed by atoms with van der Waals surface area (Å²) in [7, 11) is 0. The van der Waals surface area contributed by atoms with Crippen LogP contribution in [0.2, 0.25) is 0 Å². The van der Waals surface area contributed by atoms with Crippen LogP contribution in [0.25, 0.3) is 0 Å². The molecule has 1 unspecified atom stereocenters. The Hall–Kier alpha value is -1.76. The summed E-state index contributed by atoms with van der Waals surface area (Å²) < 4.78 is 0. The maximum atomic E-state index is 9.68. The Kier molecular flexibility index (Phi) is 3.19. The van der Waals surface area contributed by atoms with Crippen molar-refractivity contribution in [2.45, 2.75) is 26.7 Å². The topological polar surface area (TPSA) is 20.2 Å².